The molecule has 0 radical (unpaired) electrons. The van der Waals surface area contributed by atoms with Crippen molar-refractivity contribution in [2.75, 3.05) is 5.32 Å². The number of aromatic nitrogens is 2. The third-order valence-corrected chi connectivity index (χ3v) is 5.31. The lowest BCUT2D eigenvalue weighted by Crippen LogP contribution is -2.29. The van der Waals surface area contributed by atoms with Gasteiger partial charge in [0.1, 0.15) is 9.88 Å². The summed E-state index contributed by atoms with van der Waals surface area (Å²) >= 11 is 1.20. The van der Waals surface area contributed by atoms with Gasteiger partial charge in [0.25, 0.3) is 5.91 Å². The minimum atomic E-state index is -0.932. The SMILES string of the molecule is CCc1ccc(NC(=O)[C@H](C)OC(=O)c2sc(-c3ccccn3)nc2C)cc1. The number of pyridine rings is 1. The zero-order valence-corrected chi connectivity index (χ0v) is 16.7. The van der Waals surface area contributed by atoms with Gasteiger partial charge in [-0.2, -0.15) is 0 Å². The first-order valence-electron chi connectivity index (χ1n) is 8.97. The molecule has 0 unspecified atom stereocenters. The molecule has 0 aliphatic carbocycles. The van der Waals surface area contributed by atoms with Crippen LogP contribution in [0.3, 0.4) is 0 Å². The third kappa shape index (κ3) is 4.61. The summed E-state index contributed by atoms with van der Waals surface area (Å²) in [4.78, 5) is 33.8. The Hall–Kier alpha value is -3.06. The average Bonchev–Trinajstić information content (AvgIpc) is 3.11. The molecule has 2 heterocycles. The van der Waals surface area contributed by atoms with E-state index in [0.29, 0.717) is 27.0 Å². The van der Waals surface area contributed by atoms with Crippen molar-refractivity contribution >= 4 is 28.9 Å². The maximum Gasteiger partial charge on any atom is 0.351 e. The van der Waals surface area contributed by atoms with E-state index in [4.69, 9.17) is 4.74 Å². The smallest absolute Gasteiger partial charge is 0.351 e. The van der Waals surface area contributed by atoms with E-state index in [1.54, 1.807) is 20.0 Å². The maximum atomic E-state index is 12.5. The lowest BCUT2D eigenvalue weighted by Gasteiger charge is -2.13. The van der Waals surface area contributed by atoms with Gasteiger partial charge < -0.3 is 10.1 Å². The zero-order chi connectivity index (χ0) is 20.1. The van der Waals surface area contributed by atoms with Gasteiger partial charge in [-0.15, -0.1) is 11.3 Å². The monoisotopic (exact) mass is 395 g/mol. The number of aryl methyl sites for hydroxylation is 2. The maximum absolute atomic E-state index is 12.5. The van der Waals surface area contributed by atoms with Gasteiger partial charge in [0, 0.05) is 11.9 Å². The number of carbonyl (C=O) groups is 2. The molecular formula is C21H21N3O3S. The summed E-state index contributed by atoms with van der Waals surface area (Å²) in [6, 6.07) is 13.1. The summed E-state index contributed by atoms with van der Waals surface area (Å²) in [6.45, 7) is 5.35. The summed E-state index contributed by atoms with van der Waals surface area (Å²) in [5.74, 6) is -0.953. The fourth-order valence-corrected chi connectivity index (χ4v) is 3.45. The van der Waals surface area contributed by atoms with Crippen LogP contribution in [-0.2, 0) is 16.0 Å². The molecule has 3 rings (SSSR count). The van der Waals surface area contributed by atoms with E-state index in [-0.39, 0.29) is 5.91 Å². The normalized spacial score (nSPS) is 11.7. The molecule has 1 amide bonds. The summed E-state index contributed by atoms with van der Waals surface area (Å²) in [5, 5.41) is 3.39. The lowest BCUT2D eigenvalue weighted by molar-refractivity contribution is -0.123. The largest absolute Gasteiger partial charge is 0.448 e. The number of nitrogens with one attached hydrogen (secondary N) is 1. The standard InChI is InChI=1S/C21H21N3O3S/c1-4-15-8-10-16(11-9-15)24-19(25)14(3)27-21(26)18-13(2)23-20(28-18)17-7-5-6-12-22-17/h5-12,14H,4H2,1-3H3,(H,24,25)/t14-/m0/s1. The van der Waals surface area contributed by atoms with Crippen LogP contribution in [0.15, 0.2) is 48.7 Å². The van der Waals surface area contributed by atoms with Gasteiger partial charge in [-0.05, 0) is 50.1 Å². The van der Waals surface area contributed by atoms with Crippen LogP contribution in [0, 0.1) is 6.92 Å². The van der Waals surface area contributed by atoms with Gasteiger partial charge in [-0.25, -0.2) is 9.78 Å². The highest BCUT2D eigenvalue weighted by Gasteiger charge is 2.23. The van der Waals surface area contributed by atoms with E-state index in [9.17, 15) is 9.59 Å². The Kier molecular flexibility index (Phi) is 6.16. The zero-order valence-electron chi connectivity index (χ0n) is 15.9. The van der Waals surface area contributed by atoms with Crippen LogP contribution in [0.5, 0.6) is 0 Å². The van der Waals surface area contributed by atoms with E-state index in [1.807, 2.05) is 42.5 Å². The lowest BCUT2D eigenvalue weighted by atomic mass is 10.1. The highest BCUT2D eigenvalue weighted by molar-refractivity contribution is 7.17. The summed E-state index contributed by atoms with van der Waals surface area (Å²) in [7, 11) is 0. The molecule has 3 aromatic rings. The number of nitrogens with zero attached hydrogens (tertiary/aromatic N) is 2. The van der Waals surface area contributed by atoms with Crippen molar-refractivity contribution in [3.63, 3.8) is 0 Å². The van der Waals surface area contributed by atoms with Crippen molar-refractivity contribution in [2.24, 2.45) is 0 Å². The number of hydrogen-bond donors (Lipinski definition) is 1. The topological polar surface area (TPSA) is 81.2 Å². The first-order chi connectivity index (χ1) is 13.5. The number of amides is 1. The predicted octanol–water partition coefficient (Wildman–Crippen LogP) is 4.26. The molecule has 0 spiro atoms. The molecule has 1 aromatic carbocycles. The molecule has 0 saturated heterocycles. The van der Waals surface area contributed by atoms with Gasteiger partial charge in [-0.3, -0.25) is 9.78 Å². The Morgan fingerprint density at radius 3 is 2.57 bits per heavy atom. The van der Waals surface area contributed by atoms with Gasteiger partial charge >= 0.3 is 5.97 Å². The molecule has 28 heavy (non-hydrogen) atoms. The Balaban J connectivity index is 1.65. The summed E-state index contributed by atoms with van der Waals surface area (Å²) < 4.78 is 5.34. The van der Waals surface area contributed by atoms with Crippen LogP contribution in [0.2, 0.25) is 0 Å². The van der Waals surface area contributed by atoms with Crippen LogP contribution >= 0.6 is 11.3 Å². The Labute approximate surface area is 167 Å². The number of benzene rings is 1. The van der Waals surface area contributed by atoms with Crippen LogP contribution < -0.4 is 5.32 Å². The first kappa shape index (κ1) is 19.7. The molecule has 0 saturated carbocycles. The second kappa shape index (κ2) is 8.75. The number of hydrogen-bond acceptors (Lipinski definition) is 6. The minimum absolute atomic E-state index is 0.368. The number of anilines is 1. The van der Waals surface area contributed by atoms with Crippen molar-refractivity contribution in [1.82, 2.24) is 9.97 Å². The van der Waals surface area contributed by atoms with Crippen molar-refractivity contribution in [1.29, 1.82) is 0 Å². The van der Waals surface area contributed by atoms with Crippen molar-refractivity contribution in [3.05, 3.63) is 64.8 Å². The summed E-state index contributed by atoms with van der Waals surface area (Å²) in [6.07, 6.45) is 1.67. The number of rotatable bonds is 6. The molecule has 0 aliphatic heterocycles. The Morgan fingerprint density at radius 2 is 1.93 bits per heavy atom. The highest BCUT2D eigenvalue weighted by atomic mass is 32.1. The Morgan fingerprint density at radius 1 is 1.18 bits per heavy atom. The molecule has 0 bridgehead atoms. The second-order valence-electron chi connectivity index (χ2n) is 6.24. The van der Waals surface area contributed by atoms with Gasteiger partial charge in [0.05, 0.1) is 11.4 Å². The Bertz CT molecular complexity index is 968. The molecule has 0 fully saturated rings. The molecule has 144 valence electrons. The fourth-order valence-electron chi connectivity index (χ4n) is 2.52. The average molecular weight is 395 g/mol. The van der Waals surface area contributed by atoms with Gasteiger partial charge in [0.15, 0.2) is 6.10 Å². The quantitative estimate of drug-likeness (QED) is 0.631. The first-order valence-corrected chi connectivity index (χ1v) is 9.79. The van der Waals surface area contributed by atoms with Gasteiger partial charge in [-0.1, -0.05) is 25.1 Å². The number of thiazole rings is 1. The molecule has 0 aliphatic rings. The second-order valence-corrected chi connectivity index (χ2v) is 7.23. The molecule has 7 heteroatoms. The van der Waals surface area contributed by atoms with Crippen LogP contribution in [0.25, 0.3) is 10.7 Å². The van der Waals surface area contributed by atoms with E-state index >= 15 is 0 Å². The minimum Gasteiger partial charge on any atom is -0.448 e. The molecule has 2 aromatic heterocycles. The molecule has 1 N–H and O–H groups in total. The molecular weight excluding hydrogens is 374 g/mol. The highest BCUT2D eigenvalue weighted by Crippen LogP contribution is 2.27. The number of carbonyl (C=O) groups excluding carboxylic acids is 2. The van der Waals surface area contributed by atoms with Crippen molar-refractivity contribution < 1.29 is 14.3 Å². The van der Waals surface area contributed by atoms with Crippen LogP contribution in [0.4, 0.5) is 5.69 Å². The van der Waals surface area contributed by atoms with E-state index in [1.165, 1.54) is 16.9 Å². The molecule has 6 nitrogen and oxygen atoms in total. The summed E-state index contributed by atoms with van der Waals surface area (Å²) in [5.41, 5.74) is 3.09. The van der Waals surface area contributed by atoms with Crippen molar-refractivity contribution in [2.45, 2.75) is 33.3 Å². The van der Waals surface area contributed by atoms with Crippen molar-refractivity contribution in [3.8, 4) is 10.7 Å². The number of ether oxygens (including phenoxy) is 1. The fraction of sp³-hybridized carbons (Fsp3) is 0.238. The van der Waals surface area contributed by atoms with Crippen LogP contribution in [-0.4, -0.2) is 27.9 Å². The van der Waals surface area contributed by atoms with Crippen LogP contribution in [0.1, 0.15) is 34.8 Å². The number of esters is 1. The van der Waals surface area contributed by atoms with E-state index in [0.717, 1.165) is 6.42 Å². The van der Waals surface area contributed by atoms with E-state index < -0.39 is 12.1 Å². The third-order valence-electron chi connectivity index (χ3n) is 4.15. The van der Waals surface area contributed by atoms with E-state index in [2.05, 4.69) is 22.2 Å². The van der Waals surface area contributed by atoms with Gasteiger partial charge in [0.2, 0.25) is 0 Å². The molecule has 1 atom stereocenters. The predicted molar refractivity (Wildman–Crippen MR) is 109 cm³/mol.